The number of amides is 2. The maximum atomic E-state index is 12.6. The Morgan fingerprint density at radius 1 is 0.935 bits per heavy atom. The van der Waals surface area contributed by atoms with Crippen LogP contribution in [0.3, 0.4) is 0 Å². The third kappa shape index (κ3) is 4.14. The van der Waals surface area contributed by atoms with Gasteiger partial charge < -0.3 is 10.2 Å². The summed E-state index contributed by atoms with van der Waals surface area (Å²) in [5, 5.41) is 2.86. The topological polar surface area (TPSA) is 90.5 Å². The van der Waals surface area contributed by atoms with Crippen LogP contribution in [0.5, 0.6) is 0 Å². The standard InChI is InChI=1S/C23H28N4O3S/c28-23(25-22-19-8-3-6-17(19)15-18-7-4-9-20(18)22)26-31(29,30)24-12-14-27-13-11-16-5-1-2-10-21(16)27/h1-2,5,10,15,24H,3-4,6-9,11-14H2,(H2,25,26,28). The molecule has 0 radical (unpaired) electrons. The number of nitrogens with zero attached hydrogens (tertiary/aromatic N) is 1. The van der Waals surface area contributed by atoms with E-state index in [1.54, 1.807) is 0 Å². The molecule has 3 aliphatic rings. The summed E-state index contributed by atoms with van der Waals surface area (Å²) in [6, 6.07) is 9.74. The van der Waals surface area contributed by atoms with Gasteiger partial charge in [-0.15, -0.1) is 0 Å². The second-order valence-electron chi connectivity index (χ2n) is 8.55. The number of nitrogens with one attached hydrogen (secondary N) is 3. The average Bonchev–Trinajstić information content (AvgIpc) is 3.47. The molecule has 0 atom stereocenters. The van der Waals surface area contributed by atoms with Crippen molar-refractivity contribution in [2.24, 2.45) is 0 Å². The third-order valence-corrected chi connectivity index (χ3v) is 7.63. The molecule has 0 saturated heterocycles. The van der Waals surface area contributed by atoms with E-state index in [0.717, 1.165) is 62.9 Å². The van der Waals surface area contributed by atoms with Crippen LogP contribution in [-0.4, -0.2) is 34.1 Å². The van der Waals surface area contributed by atoms with E-state index in [4.69, 9.17) is 0 Å². The third-order valence-electron chi connectivity index (χ3n) is 6.60. The van der Waals surface area contributed by atoms with Crippen molar-refractivity contribution in [2.45, 2.75) is 44.9 Å². The van der Waals surface area contributed by atoms with Crippen molar-refractivity contribution in [3.05, 3.63) is 58.1 Å². The summed E-state index contributed by atoms with van der Waals surface area (Å²) in [6.45, 7) is 1.66. The van der Waals surface area contributed by atoms with Crippen LogP contribution in [0.15, 0.2) is 30.3 Å². The highest BCUT2D eigenvalue weighted by molar-refractivity contribution is 7.88. The van der Waals surface area contributed by atoms with Crippen molar-refractivity contribution in [3.8, 4) is 0 Å². The first kappa shape index (κ1) is 20.3. The van der Waals surface area contributed by atoms with Gasteiger partial charge in [0.1, 0.15) is 0 Å². The van der Waals surface area contributed by atoms with Crippen LogP contribution in [-0.2, 0) is 42.3 Å². The van der Waals surface area contributed by atoms with Gasteiger partial charge in [0.15, 0.2) is 0 Å². The first-order valence-electron chi connectivity index (χ1n) is 11.1. The highest BCUT2D eigenvalue weighted by Gasteiger charge is 2.26. The van der Waals surface area contributed by atoms with Crippen molar-refractivity contribution in [3.63, 3.8) is 0 Å². The van der Waals surface area contributed by atoms with Gasteiger partial charge in [0, 0.05) is 31.0 Å². The number of aryl methyl sites for hydroxylation is 2. The smallest absolute Gasteiger partial charge is 0.333 e. The molecular weight excluding hydrogens is 412 g/mol. The molecule has 0 aromatic heterocycles. The first-order chi connectivity index (χ1) is 15.0. The Labute approximate surface area is 183 Å². The van der Waals surface area contributed by atoms with Crippen LogP contribution in [0, 0.1) is 0 Å². The molecule has 1 heterocycles. The zero-order valence-corrected chi connectivity index (χ0v) is 18.4. The summed E-state index contributed by atoms with van der Waals surface area (Å²) in [5.74, 6) is 0. The fraction of sp³-hybridized carbons (Fsp3) is 0.435. The number of hydrogen-bond donors (Lipinski definition) is 3. The zero-order valence-electron chi connectivity index (χ0n) is 17.5. The molecule has 31 heavy (non-hydrogen) atoms. The number of carbonyl (C=O) groups is 1. The molecule has 0 unspecified atom stereocenters. The second kappa shape index (κ2) is 8.16. The molecular formula is C23H28N4O3S. The molecule has 5 rings (SSSR count). The van der Waals surface area contributed by atoms with Crippen LogP contribution < -0.4 is 19.7 Å². The molecule has 3 N–H and O–H groups in total. The lowest BCUT2D eigenvalue weighted by molar-refractivity contribution is 0.256. The molecule has 8 heteroatoms. The van der Waals surface area contributed by atoms with Gasteiger partial charge in [0.25, 0.3) is 0 Å². The van der Waals surface area contributed by atoms with Gasteiger partial charge in [-0.2, -0.15) is 13.1 Å². The number of para-hydroxylation sites is 1. The Hall–Kier alpha value is -2.58. The lowest BCUT2D eigenvalue weighted by atomic mass is 9.99. The van der Waals surface area contributed by atoms with E-state index in [0.29, 0.717) is 6.54 Å². The molecule has 0 bridgehead atoms. The Morgan fingerprint density at radius 2 is 1.65 bits per heavy atom. The summed E-state index contributed by atoms with van der Waals surface area (Å²) >= 11 is 0. The van der Waals surface area contributed by atoms with E-state index in [1.807, 2.05) is 12.1 Å². The van der Waals surface area contributed by atoms with Crippen molar-refractivity contribution >= 4 is 27.6 Å². The van der Waals surface area contributed by atoms with E-state index in [9.17, 15) is 13.2 Å². The van der Waals surface area contributed by atoms with Crippen LogP contribution >= 0.6 is 0 Å². The van der Waals surface area contributed by atoms with Crippen LogP contribution in [0.4, 0.5) is 16.2 Å². The van der Waals surface area contributed by atoms with Crippen molar-refractivity contribution < 1.29 is 13.2 Å². The van der Waals surface area contributed by atoms with Gasteiger partial charge in [-0.05, 0) is 78.8 Å². The number of carbonyl (C=O) groups excluding carboxylic acids is 1. The molecule has 2 aromatic carbocycles. The number of benzene rings is 2. The van der Waals surface area contributed by atoms with Gasteiger partial charge in [-0.3, -0.25) is 0 Å². The fourth-order valence-corrected chi connectivity index (χ4v) is 5.95. The maximum Gasteiger partial charge on any atom is 0.333 e. The minimum atomic E-state index is -3.94. The minimum absolute atomic E-state index is 0.229. The first-order valence-corrected chi connectivity index (χ1v) is 12.6. The maximum absolute atomic E-state index is 12.6. The largest absolute Gasteiger partial charge is 0.370 e. The van der Waals surface area contributed by atoms with Gasteiger partial charge >= 0.3 is 16.2 Å². The van der Waals surface area contributed by atoms with Gasteiger partial charge in [-0.1, -0.05) is 24.3 Å². The molecule has 2 aliphatic carbocycles. The second-order valence-corrected chi connectivity index (χ2v) is 10.1. The van der Waals surface area contributed by atoms with Gasteiger partial charge in [0.05, 0.1) is 0 Å². The van der Waals surface area contributed by atoms with E-state index in [-0.39, 0.29) is 6.54 Å². The van der Waals surface area contributed by atoms with Crippen LogP contribution in [0.25, 0.3) is 0 Å². The predicted octanol–water partition coefficient (Wildman–Crippen LogP) is 2.68. The fourth-order valence-electron chi connectivity index (χ4n) is 5.22. The Morgan fingerprint density at radius 3 is 2.39 bits per heavy atom. The number of anilines is 2. The van der Waals surface area contributed by atoms with Crippen molar-refractivity contribution in [2.75, 3.05) is 29.9 Å². The van der Waals surface area contributed by atoms with Crippen LogP contribution in [0.2, 0.25) is 0 Å². The van der Waals surface area contributed by atoms with E-state index < -0.39 is 16.2 Å². The molecule has 2 aromatic rings. The minimum Gasteiger partial charge on any atom is -0.370 e. The number of urea groups is 1. The molecule has 0 saturated carbocycles. The summed E-state index contributed by atoms with van der Waals surface area (Å²) in [5.41, 5.74) is 8.21. The lowest BCUT2D eigenvalue weighted by Gasteiger charge is -2.20. The van der Waals surface area contributed by atoms with Gasteiger partial charge in [-0.25, -0.2) is 9.52 Å². The quantitative estimate of drug-likeness (QED) is 0.644. The Kier molecular flexibility index (Phi) is 5.35. The number of hydrogen-bond acceptors (Lipinski definition) is 4. The Balaban J connectivity index is 1.19. The molecule has 0 spiro atoms. The lowest BCUT2D eigenvalue weighted by Crippen LogP contribution is -2.44. The highest BCUT2D eigenvalue weighted by Crippen LogP contribution is 2.38. The average molecular weight is 441 g/mol. The van der Waals surface area contributed by atoms with Crippen molar-refractivity contribution in [1.29, 1.82) is 0 Å². The summed E-state index contributed by atoms with van der Waals surface area (Å²) in [6.07, 6.45) is 7.04. The predicted molar refractivity (Wildman–Crippen MR) is 122 cm³/mol. The van der Waals surface area contributed by atoms with Crippen molar-refractivity contribution in [1.82, 2.24) is 9.44 Å². The number of rotatable bonds is 6. The Bertz CT molecular complexity index is 1100. The molecule has 164 valence electrons. The molecule has 7 nitrogen and oxygen atoms in total. The summed E-state index contributed by atoms with van der Waals surface area (Å²) in [4.78, 5) is 14.7. The van der Waals surface area contributed by atoms with E-state index in [1.165, 1.54) is 27.8 Å². The molecule has 0 fully saturated rings. The SMILES string of the molecule is O=C(Nc1c2c(cc3c1CCC3)CCC2)NS(=O)(=O)NCCN1CCc2ccccc21. The normalized spacial score (nSPS) is 16.7. The van der Waals surface area contributed by atoms with E-state index in [2.05, 4.69) is 37.9 Å². The van der Waals surface area contributed by atoms with Crippen LogP contribution in [0.1, 0.15) is 40.7 Å². The number of fused-ring (bicyclic) bond motifs is 3. The van der Waals surface area contributed by atoms with Gasteiger partial charge in [0.2, 0.25) is 0 Å². The monoisotopic (exact) mass is 440 g/mol. The molecule has 2 amide bonds. The highest BCUT2D eigenvalue weighted by atomic mass is 32.2. The summed E-state index contributed by atoms with van der Waals surface area (Å²) in [7, 11) is -3.94. The summed E-state index contributed by atoms with van der Waals surface area (Å²) < 4.78 is 29.5. The van der Waals surface area contributed by atoms with E-state index >= 15 is 0 Å². The molecule has 1 aliphatic heterocycles. The zero-order chi connectivity index (χ0) is 21.4.